The van der Waals surface area contributed by atoms with E-state index in [1.807, 2.05) is 77.9 Å². The van der Waals surface area contributed by atoms with Crippen LogP contribution in [0.3, 0.4) is 0 Å². The standard InChI is InChI=1S/2C29H36N6O5S/c2*1-18-11-22(15-30-12-18)28-34-33-24(35(28)25-20(3)9-8-10-23(25)39-7)16-41(37,38)21(4)26(40-17-29(5,6)36)27-31-13-19(2)14-32-27/h2*8-15,21,26,36H,16-17H2,1-7H3/t2*21-,26+/m00/s1. The number of ether oxygens (including phenoxy) is 4. The summed E-state index contributed by atoms with van der Waals surface area (Å²) in [7, 11) is -4.78. The number of hydrogen-bond donors (Lipinski definition) is 2. The van der Waals surface area contributed by atoms with Crippen LogP contribution in [0.25, 0.3) is 34.2 Å². The number of methoxy groups -OCH3 is 2. The number of rotatable bonds is 22. The Morgan fingerprint density at radius 1 is 0.512 bits per heavy atom. The van der Waals surface area contributed by atoms with E-state index in [-0.39, 0.29) is 36.5 Å². The number of pyridine rings is 2. The van der Waals surface area contributed by atoms with Crippen LogP contribution < -0.4 is 9.47 Å². The molecule has 24 heteroatoms. The highest BCUT2D eigenvalue weighted by atomic mass is 32.2. The van der Waals surface area contributed by atoms with Gasteiger partial charge >= 0.3 is 0 Å². The molecule has 22 nitrogen and oxygen atoms in total. The van der Waals surface area contributed by atoms with Crippen LogP contribution in [0.5, 0.6) is 11.5 Å². The number of benzene rings is 2. The zero-order chi connectivity index (χ0) is 59.9. The number of nitrogens with zero attached hydrogens (tertiary/aromatic N) is 12. The monoisotopic (exact) mass is 1160 g/mol. The lowest BCUT2D eigenvalue weighted by Crippen LogP contribution is -2.34. The molecule has 2 N–H and O–H groups in total. The molecule has 0 aliphatic heterocycles. The van der Waals surface area contributed by atoms with Crippen molar-refractivity contribution in [3.63, 3.8) is 0 Å². The first-order valence-corrected chi connectivity index (χ1v) is 29.7. The molecule has 6 heterocycles. The minimum Gasteiger partial charge on any atom is -0.495 e. The molecule has 0 saturated heterocycles. The van der Waals surface area contributed by atoms with Crippen LogP contribution in [-0.2, 0) is 40.7 Å². The van der Waals surface area contributed by atoms with Crippen molar-refractivity contribution in [3.8, 4) is 45.6 Å². The van der Waals surface area contributed by atoms with Gasteiger partial charge in [-0.25, -0.2) is 36.8 Å². The average Bonchev–Trinajstić information content (AvgIpc) is 3.63. The molecule has 0 aliphatic rings. The molecule has 82 heavy (non-hydrogen) atoms. The lowest BCUT2D eigenvalue weighted by molar-refractivity contribution is -0.0566. The zero-order valence-corrected chi connectivity index (χ0v) is 50.4. The highest BCUT2D eigenvalue weighted by Crippen LogP contribution is 2.36. The van der Waals surface area contributed by atoms with Crippen LogP contribution in [0.2, 0.25) is 0 Å². The fourth-order valence-electron chi connectivity index (χ4n) is 8.71. The van der Waals surface area contributed by atoms with Gasteiger partial charge in [0.15, 0.2) is 54.6 Å². The second-order valence-corrected chi connectivity index (χ2v) is 26.4. The highest BCUT2D eigenvalue weighted by molar-refractivity contribution is 7.91. The van der Waals surface area contributed by atoms with Crippen molar-refractivity contribution in [1.29, 1.82) is 0 Å². The predicted octanol–water partition coefficient (Wildman–Crippen LogP) is 7.77. The molecule has 0 unspecified atom stereocenters. The van der Waals surface area contributed by atoms with Gasteiger partial charge in [0.05, 0.1) is 60.5 Å². The zero-order valence-electron chi connectivity index (χ0n) is 48.7. The lowest BCUT2D eigenvalue weighted by Gasteiger charge is -2.27. The van der Waals surface area contributed by atoms with Crippen molar-refractivity contribution in [2.24, 2.45) is 0 Å². The van der Waals surface area contributed by atoms with Gasteiger partial charge in [-0.05, 0) is 141 Å². The Hall–Kier alpha value is -7.48. The molecule has 0 saturated carbocycles. The molecule has 2 aromatic carbocycles. The van der Waals surface area contributed by atoms with Crippen LogP contribution in [-0.4, -0.2) is 136 Å². The first kappa shape index (κ1) is 62.1. The summed E-state index contributed by atoms with van der Waals surface area (Å²) in [5, 5.41) is 35.9. The third kappa shape index (κ3) is 15.1. The van der Waals surface area contributed by atoms with E-state index < -0.39 is 65.1 Å². The van der Waals surface area contributed by atoms with Gasteiger partial charge in [0.2, 0.25) is 0 Å². The largest absolute Gasteiger partial charge is 0.495 e. The molecule has 0 aliphatic carbocycles. The Morgan fingerprint density at radius 2 is 0.866 bits per heavy atom. The van der Waals surface area contributed by atoms with E-state index in [9.17, 15) is 27.0 Å². The van der Waals surface area contributed by atoms with E-state index in [0.717, 1.165) is 33.4 Å². The van der Waals surface area contributed by atoms with Crippen LogP contribution in [0, 0.1) is 41.5 Å². The van der Waals surface area contributed by atoms with Gasteiger partial charge < -0.3 is 29.2 Å². The van der Waals surface area contributed by atoms with Gasteiger partial charge in [0.1, 0.15) is 35.2 Å². The van der Waals surface area contributed by atoms with E-state index in [1.54, 1.807) is 127 Å². The van der Waals surface area contributed by atoms with Gasteiger partial charge in [-0.15, -0.1) is 20.4 Å². The van der Waals surface area contributed by atoms with Gasteiger partial charge in [-0.2, -0.15) is 0 Å². The van der Waals surface area contributed by atoms with Crippen molar-refractivity contribution >= 4 is 19.7 Å². The summed E-state index contributed by atoms with van der Waals surface area (Å²) in [4.78, 5) is 25.9. The first-order chi connectivity index (χ1) is 38.6. The molecule has 6 aromatic heterocycles. The number of hydrogen-bond acceptors (Lipinski definition) is 20. The summed E-state index contributed by atoms with van der Waals surface area (Å²) >= 11 is 0. The topological polar surface area (TPSA) is 284 Å². The first-order valence-electron chi connectivity index (χ1n) is 26.3. The molecule has 0 amide bonds. The lowest BCUT2D eigenvalue weighted by atomic mass is 10.1. The van der Waals surface area contributed by atoms with Gasteiger partial charge in [-0.1, -0.05) is 24.3 Å². The van der Waals surface area contributed by atoms with Crippen LogP contribution in [0.1, 0.15) is 110 Å². The van der Waals surface area contributed by atoms with Crippen molar-refractivity contribution in [1.82, 2.24) is 59.4 Å². The van der Waals surface area contributed by atoms with E-state index in [4.69, 9.17) is 18.9 Å². The summed E-state index contributed by atoms with van der Waals surface area (Å²) in [5.74, 6) is 1.87. The summed E-state index contributed by atoms with van der Waals surface area (Å²) < 4.78 is 82.7. The number of sulfone groups is 2. The minimum absolute atomic E-state index is 0.115. The molecular formula is C58H72N12O10S2. The van der Waals surface area contributed by atoms with Gasteiger partial charge in [-0.3, -0.25) is 19.1 Å². The van der Waals surface area contributed by atoms with Crippen LogP contribution in [0.4, 0.5) is 0 Å². The summed E-state index contributed by atoms with van der Waals surface area (Å²) in [5.41, 5.74) is 5.41. The maximum Gasteiger partial charge on any atom is 0.170 e. The highest BCUT2D eigenvalue weighted by Gasteiger charge is 2.39. The van der Waals surface area contributed by atoms with E-state index in [1.165, 1.54) is 0 Å². The van der Waals surface area contributed by atoms with E-state index in [2.05, 4.69) is 50.3 Å². The average molecular weight is 1160 g/mol. The van der Waals surface area contributed by atoms with Gasteiger partial charge in [0.25, 0.3) is 0 Å². The molecular weight excluding hydrogens is 1090 g/mol. The Morgan fingerprint density at radius 3 is 1.18 bits per heavy atom. The Bertz CT molecular complexity index is 3470. The number of aromatic nitrogens is 12. The van der Waals surface area contributed by atoms with Crippen LogP contribution in [0.15, 0.2) is 98.1 Å². The summed E-state index contributed by atoms with van der Waals surface area (Å²) in [6.07, 6.45) is 11.1. The molecule has 0 spiro atoms. The molecule has 8 aromatic rings. The minimum atomic E-state index is -3.94. The molecule has 4 atom stereocenters. The van der Waals surface area contributed by atoms with Crippen molar-refractivity contribution in [2.45, 2.75) is 129 Å². The second-order valence-electron chi connectivity index (χ2n) is 21.7. The fraction of sp³-hybridized carbons (Fsp3) is 0.414. The Balaban J connectivity index is 0.000000236. The molecule has 0 bridgehead atoms. The second kappa shape index (κ2) is 25.8. The summed E-state index contributed by atoms with van der Waals surface area (Å²) in [6.45, 7) is 20.5. The Labute approximate surface area is 479 Å². The molecule has 0 radical (unpaired) electrons. The fourth-order valence-corrected chi connectivity index (χ4v) is 11.5. The molecule has 0 fully saturated rings. The smallest absolute Gasteiger partial charge is 0.170 e. The predicted molar refractivity (Wildman–Crippen MR) is 309 cm³/mol. The SMILES string of the molecule is COc1cccc(C)c1-n1c(CS(=O)(=O)[C@@H](C)[C@@H](OCC(C)(C)O)c2ncc(C)cn2)nnc1-c1cncc(C)c1.COc1cccc(C)c1-n1c(CS(=O)(=O)[C@@H](C)[C@@H](OCC(C)(C)O)c2ncc(C)cn2)nnc1-c1cncc(C)c1. The van der Waals surface area contributed by atoms with E-state index in [0.29, 0.717) is 45.6 Å². The quantitative estimate of drug-likeness (QED) is 0.0655. The number of aryl methyl sites for hydroxylation is 6. The Kier molecular flexibility index (Phi) is 19.5. The van der Waals surface area contributed by atoms with Crippen molar-refractivity contribution in [2.75, 3.05) is 27.4 Å². The van der Waals surface area contributed by atoms with Gasteiger partial charge in [0, 0.05) is 60.7 Å². The maximum atomic E-state index is 14.0. The van der Waals surface area contributed by atoms with Crippen molar-refractivity contribution < 1.29 is 46.0 Å². The summed E-state index contributed by atoms with van der Waals surface area (Å²) in [6, 6.07) is 15.0. The number of para-hydroxylation sites is 2. The normalized spacial score (nSPS) is 13.7. The molecule has 436 valence electrons. The van der Waals surface area contributed by atoms with Crippen molar-refractivity contribution in [3.05, 3.63) is 155 Å². The molecule has 8 rings (SSSR count). The number of aliphatic hydroxyl groups is 2. The maximum absolute atomic E-state index is 14.0. The van der Waals surface area contributed by atoms with E-state index >= 15 is 0 Å². The van der Waals surface area contributed by atoms with Crippen LogP contribution >= 0.6 is 0 Å². The third-order valence-electron chi connectivity index (χ3n) is 13.0. The third-order valence-corrected chi connectivity index (χ3v) is 17.1.